The second-order valence-electron chi connectivity index (χ2n) is 2.48. The zero-order valence-electron chi connectivity index (χ0n) is 7.50. The summed E-state index contributed by atoms with van der Waals surface area (Å²) in [6, 6.07) is 5.20. The van der Waals surface area contributed by atoms with Crippen molar-refractivity contribution in [2.24, 2.45) is 0 Å². The van der Waals surface area contributed by atoms with Crippen molar-refractivity contribution in [3.8, 4) is 11.8 Å². The fraction of sp³-hybridized carbons (Fsp3) is 0.100. The minimum atomic E-state index is -0.570. The third-order valence-electron chi connectivity index (χ3n) is 1.48. The van der Waals surface area contributed by atoms with Crippen LogP contribution in [0, 0.1) is 11.8 Å². The Morgan fingerprint density at radius 2 is 2.29 bits per heavy atom. The smallest absolute Gasteiger partial charge is 0.384 e. The summed E-state index contributed by atoms with van der Waals surface area (Å²) in [6.07, 6.45) is 0. The number of anilines is 1. The SMILES string of the molecule is COC(=O)C#Cc1cc(N)ccc1Br. The maximum Gasteiger partial charge on any atom is 0.384 e. The minimum Gasteiger partial charge on any atom is -0.459 e. The average Bonchev–Trinajstić information content (AvgIpc) is 2.19. The van der Waals surface area contributed by atoms with Gasteiger partial charge in [0.25, 0.3) is 0 Å². The molecule has 14 heavy (non-hydrogen) atoms. The number of nitrogens with two attached hydrogens (primary N) is 1. The van der Waals surface area contributed by atoms with E-state index in [0.29, 0.717) is 11.3 Å². The molecule has 0 aliphatic heterocycles. The first-order valence-electron chi connectivity index (χ1n) is 3.78. The predicted octanol–water partition coefficient (Wildman–Crippen LogP) is 1.56. The molecule has 0 unspecified atom stereocenters. The Labute approximate surface area is 90.4 Å². The molecule has 0 saturated carbocycles. The van der Waals surface area contributed by atoms with Gasteiger partial charge >= 0.3 is 5.97 Å². The van der Waals surface area contributed by atoms with Crippen LogP contribution in [-0.4, -0.2) is 13.1 Å². The van der Waals surface area contributed by atoms with Gasteiger partial charge in [-0.15, -0.1) is 0 Å². The van der Waals surface area contributed by atoms with E-state index in [-0.39, 0.29) is 0 Å². The van der Waals surface area contributed by atoms with E-state index in [1.807, 2.05) is 0 Å². The first-order chi connectivity index (χ1) is 6.63. The summed E-state index contributed by atoms with van der Waals surface area (Å²) < 4.78 is 5.18. The number of hydrogen-bond acceptors (Lipinski definition) is 3. The van der Waals surface area contributed by atoms with Crippen molar-refractivity contribution in [3.63, 3.8) is 0 Å². The third-order valence-corrected chi connectivity index (χ3v) is 2.17. The molecule has 1 aromatic rings. The highest BCUT2D eigenvalue weighted by Gasteiger charge is 1.97. The normalized spacial score (nSPS) is 8.71. The molecule has 1 rings (SSSR count). The van der Waals surface area contributed by atoms with Crippen molar-refractivity contribution in [2.45, 2.75) is 0 Å². The van der Waals surface area contributed by atoms with Gasteiger partial charge in [-0.25, -0.2) is 4.79 Å². The highest BCUT2D eigenvalue weighted by Crippen LogP contribution is 2.18. The van der Waals surface area contributed by atoms with Crippen LogP contribution in [0.25, 0.3) is 0 Å². The van der Waals surface area contributed by atoms with Gasteiger partial charge in [0.05, 0.1) is 7.11 Å². The van der Waals surface area contributed by atoms with Crippen molar-refractivity contribution in [2.75, 3.05) is 12.8 Å². The molecule has 0 fully saturated rings. The first kappa shape index (κ1) is 10.6. The Hall–Kier alpha value is -1.47. The number of halogens is 1. The van der Waals surface area contributed by atoms with Crippen LogP contribution in [0.3, 0.4) is 0 Å². The summed E-state index contributed by atoms with van der Waals surface area (Å²) in [5, 5.41) is 0. The summed E-state index contributed by atoms with van der Waals surface area (Å²) >= 11 is 3.29. The Bertz CT molecular complexity index is 418. The van der Waals surface area contributed by atoms with Gasteiger partial charge in [0.2, 0.25) is 0 Å². The third kappa shape index (κ3) is 2.79. The van der Waals surface area contributed by atoms with Crippen LogP contribution in [-0.2, 0) is 9.53 Å². The molecule has 0 aliphatic carbocycles. The molecule has 2 N–H and O–H groups in total. The average molecular weight is 254 g/mol. The van der Waals surface area contributed by atoms with Gasteiger partial charge in [-0.1, -0.05) is 5.92 Å². The van der Waals surface area contributed by atoms with Gasteiger partial charge in [-0.05, 0) is 34.1 Å². The van der Waals surface area contributed by atoms with Crippen LogP contribution in [0.1, 0.15) is 5.56 Å². The number of benzene rings is 1. The number of esters is 1. The van der Waals surface area contributed by atoms with Gasteiger partial charge < -0.3 is 10.5 Å². The fourth-order valence-corrected chi connectivity index (χ4v) is 1.15. The molecular formula is C10H8BrNO2. The largest absolute Gasteiger partial charge is 0.459 e. The van der Waals surface area contributed by atoms with Gasteiger partial charge in [-0.2, -0.15) is 0 Å². The highest BCUT2D eigenvalue weighted by atomic mass is 79.9. The lowest BCUT2D eigenvalue weighted by atomic mass is 10.2. The molecule has 1 aromatic carbocycles. The van der Waals surface area contributed by atoms with Crippen molar-refractivity contribution in [3.05, 3.63) is 28.2 Å². The monoisotopic (exact) mass is 253 g/mol. The lowest BCUT2D eigenvalue weighted by Gasteiger charge is -1.97. The molecule has 4 heteroatoms. The first-order valence-corrected chi connectivity index (χ1v) is 4.58. The van der Waals surface area contributed by atoms with E-state index in [9.17, 15) is 4.79 Å². The zero-order valence-corrected chi connectivity index (χ0v) is 9.09. The number of carbonyl (C=O) groups excluding carboxylic acids is 1. The van der Waals surface area contributed by atoms with Crippen LogP contribution in [0.4, 0.5) is 5.69 Å². The minimum absolute atomic E-state index is 0.570. The molecule has 0 radical (unpaired) electrons. The summed E-state index contributed by atoms with van der Waals surface area (Å²) in [5.74, 6) is 4.40. The molecule has 0 amide bonds. The lowest BCUT2D eigenvalue weighted by Crippen LogP contribution is -1.95. The molecule has 0 aromatic heterocycles. The van der Waals surface area contributed by atoms with E-state index in [4.69, 9.17) is 5.73 Å². The van der Waals surface area contributed by atoms with Gasteiger partial charge in [0.15, 0.2) is 0 Å². The second kappa shape index (κ2) is 4.68. The van der Waals surface area contributed by atoms with E-state index in [2.05, 4.69) is 32.5 Å². The lowest BCUT2D eigenvalue weighted by molar-refractivity contribution is -0.133. The Kier molecular flexibility index (Phi) is 3.55. The van der Waals surface area contributed by atoms with Crippen LogP contribution in [0.2, 0.25) is 0 Å². The molecule has 0 atom stereocenters. The zero-order chi connectivity index (χ0) is 10.6. The fourth-order valence-electron chi connectivity index (χ4n) is 0.808. The Morgan fingerprint density at radius 1 is 1.57 bits per heavy atom. The standard InChI is InChI=1S/C10H8BrNO2/c1-14-10(13)5-2-7-6-8(12)3-4-9(7)11/h3-4,6H,12H2,1H3. The molecule has 0 heterocycles. The molecule has 0 saturated heterocycles. The number of nitrogen functional groups attached to an aromatic ring is 1. The summed E-state index contributed by atoms with van der Waals surface area (Å²) in [7, 11) is 1.28. The summed E-state index contributed by atoms with van der Waals surface area (Å²) in [6.45, 7) is 0. The van der Waals surface area contributed by atoms with Gasteiger partial charge in [-0.3, -0.25) is 0 Å². The number of methoxy groups -OCH3 is 1. The van der Waals surface area contributed by atoms with Gasteiger partial charge in [0.1, 0.15) is 0 Å². The van der Waals surface area contributed by atoms with Crippen molar-refractivity contribution in [1.82, 2.24) is 0 Å². The number of rotatable bonds is 0. The second-order valence-corrected chi connectivity index (χ2v) is 3.34. The quantitative estimate of drug-likeness (QED) is 0.434. The molecule has 0 bridgehead atoms. The van der Waals surface area contributed by atoms with Crippen LogP contribution in [0.15, 0.2) is 22.7 Å². The molecule has 3 nitrogen and oxygen atoms in total. The van der Waals surface area contributed by atoms with Crippen molar-refractivity contribution >= 4 is 27.6 Å². The predicted molar refractivity (Wildman–Crippen MR) is 57.4 cm³/mol. The summed E-state index contributed by atoms with van der Waals surface area (Å²) in [4.78, 5) is 10.7. The molecular weight excluding hydrogens is 246 g/mol. The molecule has 0 spiro atoms. The number of hydrogen-bond donors (Lipinski definition) is 1. The molecule has 0 aliphatic rings. The van der Waals surface area contributed by atoms with Crippen LogP contribution >= 0.6 is 15.9 Å². The number of carbonyl (C=O) groups is 1. The topological polar surface area (TPSA) is 52.3 Å². The highest BCUT2D eigenvalue weighted by molar-refractivity contribution is 9.10. The molecule has 72 valence electrons. The van der Waals surface area contributed by atoms with E-state index in [1.54, 1.807) is 18.2 Å². The van der Waals surface area contributed by atoms with Crippen LogP contribution < -0.4 is 5.73 Å². The van der Waals surface area contributed by atoms with Crippen molar-refractivity contribution in [1.29, 1.82) is 0 Å². The van der Waals surface area contributed by atoms with Crippen LogP contribution in [0.5, 0.6) is 0 Å². The van der Waals surface area contributed by atoms with Gasteiger partial charge in [0, 0.05) is 21.6 Å². The van der Waals surface area contributed by atoms with Crippen molar-refractivity contribution < 1.29 is 9.53 Å². The maximum atomic E-state index is 10.7. The van der Waals surface area contributed by atoms with E-state index < -0.39 is 5.97 Å². The van der Waals surface area contributed by atoms with E-state index >= 15 is 0 Å². The van der Waals surface area contributed by atoms with E-state index in [1.165, 1.54) is 7.11 Å². The Balaban J connectivity index is 3.00. The number of ether oxygens (including phenoxy) is 1. The van der Waals surface area contributed by atoms with E-state index in [0.717, 1.165) is 4.47 Å². The maximum absolute atomic E-state index is 10.7. The summed E-state index contributed by atoms with van der Waals surface area (Å²) in [5.41, 5.74) is 6.82. The Morgan fingerprint density at radius 3 is 2.93 bits per heavy atom.